The van der Waals surface area contributed by atoms with Gasteiger partial charge in [0.15, 0.2) is 22.4 Å². The first-order chi connectivity index (χ1) is 16.6. The second-order valence-electron chi connectivity index (χ2n) is 17.6. The van der Waals surface area contributed by atoms with Gasteiger partial charge in [-0.25, -0.2) is 0 Å². The fourth-order valence-corrected chi connectivity index (χ4v) is 8.85. The summed E-state index contributed by atoms with van der Waals surface area (Å²) in [6.07, 6.45) is 0. The maximum atomic E-state index is 6.83. The Bertz CT molecular complexity index is 1040. The lowest BCUT2D eigenvalue weighted by Gasteiger charge is -2.33. The van der Waals surface area contributed by atoms with E-state index < -0.39 is 6.70 Å². The summed E-state index contributed by atoms with van der Waals surface area (Å²) in [5, 5.41) is 2.84. The minimum Gasteiger partial charge on any atom is -0.0561 e. The first kappa shape index (κ1) is 33.2. The van der Waals surface area contributed by atoms with Crippen molar-refractivity contribution >= 4 is 29.1 Å². The van der Waals surface area contributed by atoms with Gasteiger partial charge < -0.3 is 0 Å². The van der Waals surface area contributed by atoms with Gasteiger partial charge in [0, 0.05) is 22.3 Å². The molecular weight excluding hydrogens is 495 g/mol. The van der Waals surface area contributed by atoms with Gasteiger partial charge in [0.05, 0.1) is 0 Å². The van der Waals surface area contributed by atoms with Crippen LogP contribution in [0.25, 0.3) is 0 Å². The third-order valence-corrected chi connectivity index (χ3v) is 10.5. The second kappa shape index (κ2) is 10.1. The molecule has 0 aliphatic carbocycles. The molecule has 0 radical (unpaired) electrons. The lowest BCUT2D eigenvalue weighted by molar-refractivity contribution is 0.553. The van der Waals surface area contributed by atoms with Crippen molar-refractivity contribution in [3.63, 3.8) is 0 Å². The van der Waals surface area contributed by atoms with Gasteiger partial charge in [-0.1, -0.05) is 149 Å². The molecule has 0 aromatic heterocycles. The maximum Gasteiger partial charge on any atom is 0.251 e. The van der Waals surface area contributed by atoms with Crippen LogP contribution in [0.3, 0.4) is 0 Å². The van der Waals surface area contributed by atoms with E-state index >= 15 is 0 Å². The average Bonchev–Trinajstić information content (AvgIpc) is 2.67. The molecule has 0 unspecified atom stereocenters. The van der Waals surface area contributed by atoms with Gasteiger partial charge in [0.1, 0.15) is 0 Å². The van der Waals surface area contributed by atoms with Gasteiger partial charge in [-0.3, -0.25) is 0 Å². The van der Waals surface area contributed by atoms with Gasteiger partial charge in [0.2, 0.25) is 0 Å². The zero-order valence-corrected chi connectivity index (χ0v) is 29.9. The summed E-state index contributed by atoms with van der Waals surface area (Å²) in [7, 11) is 0. The molecule has 0 fully saturated rings. The van der Waals surface area contributed by atoms with Gasteiger partial charge in [0.25, 0.3) is 6.70 Å². The maximum absolute atomic E-state index is 6.83. The summed E-state index contributed by atoms with van der Waals surface area (Å²) in [6.45, 7) is 41.3. The normalized spacial score (nSPS) is 14.2. The quantitative estimate of drug-likeness (QED) is 0.333. The van der Waals surface area contributed by atoms with Crippen LogP contribution >= 0.6 is 6.70 Å². The highest BCUT2D eigenvalue weighted by Gasteiger charge is 2.42. The third-order valence-electron chi connectivity index (χ3n) is 7.59. The van der Waals surface area contributed by atoms with Crippen molar-refractivity contribution in [1.82, 2.24) is 0 Å². The first-order valence-electron chi connectivity index (χ1n) is 14.4. The Balaban J connectivity index is 3.24. The highest BCUT2D eigenvalue weighted by molar-refractivity contribution is 8.12. The van der Waals surface area contributed by atoms with Crippen molar-refractivity contribution in [2.75, 3.05) is 0 Å². The Morgan fingerprint density at radius 1 is 0.368 bits per heavy atom. The van der Waals surface area contributed by atoms with Crippen molar-refractivity contribution in [3.05, 3.63) is 57.6 Å². The van der Waals surface area contributed by atoms with Crippen LogP contribution in [-0.2, 0) is 44.3 Å². The molecule has 2 aromatic rings. The van der Waals surface area contributed by atoms with Crippen molar-refractivity contribution in [2.45, 2.75) is 157 Å². The predicted octanol–water partition coefficient (Wildman–Crippen LogP) is 10.4. The molecule has 0 saturated heterocycles. The number of rotatable bonds is 2. The predicted molar refractivity (Wildman–Crippen MR) is 179 cm³/mol. The van der Waals surface area contributed by atoms with E-state index in [1.165, 1.54) is 44.0 Å². The van der Waals surface area contributed by atoms with Crippen molar-refractivity contribution in [1.29, 1.82) is 0 Å². The fourth-order valence-electron chi connectivity index (χ4n) is 4.97. The summed E-state index contributed by atoms with van der Waals surface area (Å²) in [5.41, 5.74) is 8.63. The van der Waals surface area contributed by atoms with E-state index in [0.717, 1.165) is 0 Å². The lowest BCUT2D eigenvalue weighted by atomic mass is 9.75. The molecule has 0 saturated carbocycles. The van der Waals surface area contributed by atoms with Crippen molar-refractivity contribution in [3.8, 4) is 0 Å². The molecule has 0 N–H and O–H groups in total. The summed E-state index contributed by atoms with van der Waals surface area (Å²) < 4.78 is 0. The van der Waals surface area contributed by atoms with Gasteiger partial charge >= 0.3 is 0 Å². The molecule has 2 rings (SSSR count). The van der Waals surface area contributed by atoms with E-state index in [2.05, 4.69) is 149 Å². The average molecular weight is 554 g/mol. The fraction of sp³-hybridized carbons (Fsp3) is 0.667. The third kappa shape index (κ3) is 7.18. The summed E-state index contributed by atoms with van der Waals surface area (Å²) in [5.74, 6) is 0. The standard InChI is InChI=1S/C36H58PS/c1-31(2,3)23-19-25(33(7,8)9)29(26(20-23)34(10,11)12)37(38)30-27(35(13,14)15)21-24(32(4,5)6)22-28(30)36(16,17)18/h19-22H,1-18H3/q+1. The van der Waals surface area contributed by atoms with Gasteiger partial charge in [-0.15, -0.1) is 0 Å². The Labute approximate surface area is 243 Å². The van der Waals surface area contributed by atoms with Crippen LogP contribution < -0.4 is 10.6 Å². The van der Waals surface area contributed by atoms with Crippen molar-refractivity contribution in [2.24, 2.45) is 0 Å². The minimum absolute atomic E-state index is 0.00880. The zero-order valence-electron chi connectivity index (χ0n) is 28.2. The van der Waals surface area contributed by atoms with Crippen molar-refractivity contribution < 1.29 is 0 Å². The lowest BCUT2D eigenvalue weighted by Crippen LogP contribution is -2.36. The second-order valence-corrected chi connectivity index (χ2v) is 20.2. The molecule has 0 nitrogen and oxygen atoms in total. The van der Waals surface area contributed by atoms with E-state index in [1.54, 1.807) is 0 Å². The van der Waals surface area contributed by atoms with E-state index in [1.807, 2.05) is 0 Å². The molecule has 0 atom stereocenters. The summed E-state index contributed by atoms with van der Waals surface area (Å²) in [6, 6.07) is 9.96. The van der Waals surface area contributed by atoms with Gasteiger partial charge in [-0.2, -0.15) is 0 Å². The largest absolute Gasteiger partial charge is 0.251 e. The Morgan fingerprint density at radius 2 is 0.553 bits per heavy atom. The smallest absolute Gasteiger partial charge is 0.0561 e. The van der Waals surface area contributed by atoms with Crippen LogP contribution in [-0.4, -0.2) is 0 Å². The molecule has 0 aliphatic rings. The van der Waals surface area contributed by atoms with E-state index in [9.17, 15) is 0 Å². The molecule has 0 aliphatic heterocycles. The van der Waals surface area contributed by atoms with Crippen LogP contribution in [0.1, 0.15) is 158 Å². The molecule has 2 heteroatoms. The molecule has 0 amide bonds. The molecule has 2 aromatic carbocycles. The summed E-state index contributed by atoms with van der Waals surface area (Å²) in [4.78, 5) is 0. The zero-order chi connectivity index (χ0) is 30.0. The van der Waals surface area contributed by atoms with E-state index in [4.69, 9.17) is 11.8 Å². The molecule has 0 bridgehead atoms. The van der Waals surface area contributed by atoms with Crippen LogP contribution in [0.15, 0.2) is 24.3 Å². The highest BCUT2D eigenvalue weighted by Crippen LogP contribution is 2.43. The van der Waals surface area contributed by atoms with Crippen LogP contribution in [0.2, 0.25) is 0 Å². The molecular formula is C36H58PS+. The van der Waals surface area contributed by atoms with E-state index in [0.29, 0.717) is 0 Å². The SMILES string of the molecule is CC(C)(C)c1cc(C(C)(C)C)c([P+](=S)c2c(C(C)(C)C)cc(C(C)(C)C)cc2C(C)(C)C)c(C(C)(C)C)c1. The monoisotopic (exact) mass is 553 g/mol. The Kier molecular flexibility index (Phi) is 8.82. The Hall–Kier alpha value is -1.04. The van der Waals surface area contributed by atoms with Crippen LogP contribution in [0.5, 0.6) is 0 Å². The van der Waals surface area contributed by atoms with Crippen LogP contribution in [0, 0.1) is 0 Å². The minimum atomic E-state index is -1.02. The summed E-state index contributed by atoms with van der Waals surface area (Å²) >= 11 is 6.83. The molecule has 38 heavy (non-hydrogen) atoms. The molecule has 0 heterocycles. The molecule has 212 valence electrons. The number of hydrogen-bond donors (Lipinski definition) is 0. The highest BCUT2D eigenvalue weighted by atomic mass is 32.4. The number of benzene rings is 2. The van der Waals surface area contributed by atoms with Crippen LogP contribution in [0.4, 0.5) is 0 Å². The Morgan fingerprint density at radius 3 is 0.684 bits per heavy atom. The molecule has 0 spiro atoms. The van der Waals surface area contributed by atoms with E-state index in [-0.39, 0.29) is 32.5 Å². The first-order valence-corrected chi connectivity index (χ1v) is 16.8. The number of hydrogen-bond acceptors (Lipinski definition) is 1. The topological polar surface area (TPSA) is 0 Å². The van der Waals surface area contributed by atoms with Gasteiger partial charge in [-0.05, 0) is 43.6 Å².